The van der Waals surface area contributed by atoms with Gasteiger partial charge in [-0.15, -0.1) is 0 Å². The maximum Gasteiger partial charge on any atom is 0.337 e. The molecule has 0 fully saturated rings. The van der Waals surface area contributed by atoms with Crippen LogP contribution in [0.1, 0.15) is 29.8 Å². The molecule has 0 aromatic heterocycles. The van der Waals surface area contributed by atoms with Crippen LogP contribution in [0.25, 0.3) is 0 Å². The summed E-state index contributed by atoms with van der Waals surface area (Å²) in [4.78, 5) is 25.2. The van der Waals surface area contributed by atoms with Gasteiger partial charge in [0.25, 0.3) is 0 Å². The van der Waals surface area contributed by atoms with Crippen LogP contribution >= 0.6 is 0 Å². The van der Waals surface area contributed by atoms with Crippen molar-refractivity contribution in [3.8, 4) is 0 Å². The van der Waals surface area contributed by atoms with Gasteiger partial charge in [0.2, 0.25) is 0 Å². The van der Waals surface area contributed by atoms with E-state index in [0.717, 1.165) is 0 Å². The van der Waals surface area contributed by atoms with Gasteiger partial charge in [0.1, 0.15) is 0 Å². The molecule has 6 nitrogen and oxygen atoms in total. The van der Waals surface area contributed by atoms with Crippen LogP contribution in [-0.2, 0) is 0 Å². The van der Waals surface area contributed by atoms with Gasteiger partial charge in [0.05, 0.1) is 11.3 Å². The fourth-order valence-electron chi connectivity index (χ4n) is 1.62. The first-order chi connectivity index (χ1) is 9.65. The average molecular weight is 293 g/mol. The highest BCUT2D eigenvalue weighted by Crippen LogP contribution is 2.20. The third-order valence-corrected chi connectivity index (χ3v) is 3.63. The van der Waals surface area contributed by atoms with Crippen LogP contribution in [0, 0.1) is 6.92 Å². The SMILES string of the molecule is Cc1cccc(C(=O)O)c1NC(=O)NCC(C)(C)N(C)C. The zero-order valence-corrected chi connectivity index (χ0v) is 13.2. The Kier molecular flexibility index (Phi) is 5.32. The zero-order chi connectivity index (χ0) is 16.2. The number of urea groups is 1. The Morgan fingerprint density at radius 2 is 1.90 bits per heavy atom. The van der Waals surface area contributed by atoms with Gasteiger partial charge in [0.15, 0.2) is 0 Å². The van der Waals surface area contributed by atoms with Crippen LogP contribution in [0.15, 0.2) is 18.2 Å². The lowest BCUT2D eigenvalue weighted by Crippen LogP contribution is -2.49. The van der Waals surface area contributed by atoms with E-state index in [2.05, 4.69) is 10.6 Å². The number of amides is 2. The minimum absolute atomic E-state index is 0.0806. The number of anilines is 1. The first kappa shape index (κ1) is 17.0. The summed E-state index contributed by atoms with van der Waals surface area (Å²) < 4.78 is 0. The molecular formula is C15H23N3O3. The van der Waals surface area contributed by atoms with Gasteiger partial charge in [-0.25, -0.2) is 9.59 Å². The Bertz CT molecular complexity index is 539. The maximum absolute atomic E-state index is 12.0. The van der Waals surface area contributed by atoms with Crippen molar-refractivity contribution in [1.82, 2.24) is 10.2 Å². The number of carboxylic acid groups (broad SMARTS) is 1. The monoisotopic (exact) mass is 293 g/mol. The number of benzene rings is 1. The van der Waals surface area contributed by atoms with E-state index in [9.17, 15) is 9.59 Å². The van der Waals surface area contributed by atoms with E-state index >= 15 is 0 Å². The summed E-state index contributed by atoms with van der Waals surface area (Å²) in [6, 6.07) is 4.46. The van der Waals surface area contributed by atoms with E-state index < -0.39 is 12.0 Å². The predicted molar refractivity (Wildman–Crippen MR) is 82.9 cm³/mol. The minimum Gasteiger partial charge on any atom is -0.478 e. The molecule has 0 heterocycles. The molecule has 0 saturated heterocycles. The van der Waals surface area contributed by atoms with Crippen molar-refractivity contribution in [1.29, 1.82) is 0 Å². The Labute approximate surface area is 125 Å². The van der Waals surface area contributed by atoms with Crippen LogP contribution in [0.5, 0.6) is 0 Å². The Morgan fingerprint density at radius 1 is 1.29 bits per heavy atom. The average Bonchev–Trinajstić information content (AvgIpc) is 2.38. The lowest BCUT2D eigenvalue weighted by molar-refractivity contribution is 0.0698. The molecule has 0 atom stereocenters. The molecule has 0 spiro atoms. The first-order valence-electron chi connectivity index (χ1n) is 6.70. The number of carboxylic acids is 1. The van der Waals surface area contributed by atoms with Gasteiger partial charge < -0.3 is 20.6 Å². The van der Waals surface area contributed by atoms with Crippen molar-refractivity contribution < 1.29 is 14.7 Å². The molecule has 2 amide bonds. The second-order valence-electron chi connectivity index (χ2n) is 5.82. The number of carbonyl (C=O) groups excluding carboxylic acids is 1. The predicted octanol–water partition coefficient (Wildman–Crippen LogP) is 2.15. The fraction of sp³-hybridized carbons (Fsp3) is 0.467. The van der Waals surface area contributed by atoms with Crippen LogP contribution in [0.2, 0.25) is 0 Å². The number of carbonyl (C=O) groups is 2. The largest absolute Gasteiger partial charge is 0.478 e. The highest BCUT2D eigenvalue weighted by atomic mass is 16.4. The van der Waals surface area contributed by atoms with E-state index in [1.54, 1.807) is 19.1 Å². The molecule has 0 unspecified atom stereocenters. The van der Waals surface area contributed by atoms with Crippen molar-refractivity contribution in [2.24, 2.45) is 0 Å². The number of para-hydroxylation sites is 1. The summed E-state index contributed by atoms with van der Waals surface area (Å²) in [5, 5.41) is 14.5. The molecule has 0 aliphatic heterocycles. The second kappa shape index (κ2) is 6.58. The standard InChI is InChI=1S/C15H23N3O3/c1-10-7-6-8-11(13(19)20)12(10)17-14(21)16-9-15(2,3)18(4)5/h6-8H,9H2,1-5H3,(H,19,20)(H2,16,17,21). The van der Waals surface area contributed by atoms with Gasteiger partial charge in [-0.3, -0.25) is 0 Å². The van der Waals surface area contributed by atoms with E-state index in [1.807, 2.05) is 32.8 Å². The molecule has 0 aliphatic rings. The molecule has 1 aromatic carbocycles. The number of nitrogens with one attached hydrogen (secondary N) is 2. The van der Waals surface area contributed by atoms with Gasteiger partial charge >= 0.3 is 12.0 Å². The molecule has 0 bridgehead atoms. The second-order valence-corrected chi connectivity index (χ2v) is 5.82. The molecular weight excluding hydrogens is 270 g/mol. The molecule has 1 rings (SSSR count). The molecule has 6 heteroatoms. The summed E-state index contributed by atoms with van der Waals surface area (Å²) >= 11 is 0. The molecule has 0 aliphatic carbocycles. The lowest BCUT2D eigenvalue weighted by atomic mass is 10.0. The van der Waals surface area contributed by atoms with Gasteiger partial charge in [-0.05, 0) is 46.5 Å². The Hall–Kier alpha value is -2.08. The van der Waals surface area contributed by atoms with Crippen molar-refractivity contribution in [3.63, 3.8) is 0 Å². The molecule has 1 aromatic rings. The highest BCUT2D eigenvalue weighted by Gasteiger charge is 2.21. The Balaban J connectivity index is 2.79. The molecule has 3 N–H and O–H groups in total. The van der Waals surface area contributed by atoms with Crippen molar-refractivity contribution in [3.05, 3.63) is 29.3 Å². The number of nitrogens with zero attached hydrogens (tertiary/aromatic N) is 1. The van der Waals surface area contributed by atoms with Gasteiger partial charge in [-0.1, -0.05) is 12.1 Å². The van der Waals surface area contributed by atoms with Gasteiger partial charge in [-0.2, -0.15) is 0 Å². The summed E-state index contributed by atoms with van der Waals surface area (Å²) in [6.07, 6.45) is 0. The topological polar surface area (TPSA) is 81.7 Å². The number of hydrogen-bond acceptors (Lipinski definition) is 3. The summed E-state index contributed by atoms with van der Waals surface area (Å²) in [7, 11) is 3.87. The van der Waals surface area contributed by atoms with E-state index in [1.165, 1.54) is 6.07 Å². The molecule has 0 saturated carbocycles. The van der Waals surface area contributed by atoms with E-state index in [0.29, 0.717) is 17.8 Å². The number of aryl methyl sites for hydroxylation is 1. The maximum atomic E-state index is 12.0. The smallest absolute Gasteiger partial charge is 0.337 e. The fourth-order valence-corrected chi connectivity index (χ4v) is 1.62. The number of likely N-dealkylation sites (N-methyl/N-ethyl adjacent to an activating group) is 1. The van der Waals surface area contributed by atoms with E-state index in [-0.39, 0.29) is 11.1 Å². The van der Waals surface area contributed by atoms with E-state index in [4.69, 9.17) is 5.11 Å². The number of rotatable bonds is 5. The van der Waals surface area contributed by atoms with Crippen molar-refractivity contribution >= 4 is 17.7 Å². The van der Waals surface area contributed by atoms with Crippen LogP contribution < -0.4 is 10.6 Å². The van der Waals surface area contributed by atoms with Crippen molar-refractivity contribution in [2.45, 2.75) is 26.3 Å². The third-order valence-electron chi connectivity index (χ3n) is 3.63. The number of aromatic carboxylic acids is 1. The highest BCUT2D eigenvalue weighted by molar-refractivity contribution is 6.00. The first-order valence-corrected chi connectivity index (χ1v) is 6.70. The normalized spacial score (nSPS) is 11.3. The van der Waals surface area contributed by atoms with Gasteiger partial charge in [0, 0.05) is 12.1 Å². The zero-order valence-electron chi connectivity index (χ0n) is 13.2. The summed E-state index contributed by atoms with van der Waals surface area (Å²) in [5.74, 6) is -1.07. The minimum atomic E-state index is -1.07. The number of hydrogen-bond donors (Lipinski definition) is 3. The molecule has 0 radical (unpaired) electrons. The summed E-state index contributed by atoms with van der Waals surface area (Å²) in [5.41, 5.74) is 0.915. The quantitative estimate of drug-likeness (QED) is 0.777. The van der Waals surface area contributed by atoms with Crippen LogP contribution in [0.3, 0.4) is 0 Å². The molecule has 21 heavy (non-hydrogen) atoms. The lowest BCUT2D eigenvalue weighted by Gasteiger charge is -2.32. The van der Waals surface area contributed by atoms with Crippen LogP contribution in [0.4, 0.5) is 10.5 Å². The third kappa shape index (κ3) is 4.46. The molecule has 116 valence electrons. The van der Waals surface area contributed by atoms with Crippen molar-refractivity contribution in [2.75, 3.05) is 26.0 Å². The summed E-state index contributed by atoms with van der Waals surface area (Å²) in [6.45, 7) is 6.21. The van der Waals surface area contributed by atoms with Crippen LogP contribution in [-0.4, -0.2) is 48.2 Å². The Morgan fingerprint density at radius 3 is 2.43 bits per heavy atom.